The molecular formula is C24H18Fe. The summed E-state index contributed by atoms with van der Waals surface area (Å²) < 4.78 is 0. The monoisotopic (exact) mass is 362 g/mol. The molecule has 5 aromatic rings. The summed E-state index contributed by atoms with van der Waals surface area (Å²) in [6, 6.07) is 38.1. The Morgan fingerprint density at radius 1 is 0.560 bits per heavy atom. The van der Waals surface area contributed by atoms with Crippen LogP contribution in [0.15, 0.2) is 109 Å². The molecule has 0 bridgehead atoms. The molecule has 0 amide bonds. The van der Waals surface area contributed by atoms with E-state index in [9.17, 15) is 0 Å². The molecule has 0 N–H and O–H groups in total. The minimum Gasteiger partial charge on any atom is -0.214 e. The van der Waals surface area contributed by atoms with Crippen molar-refractivity contribution in [2.75, 3.05) is 0 Å². The summed E-state index contributed by atoms with van der Waals surface area (Å²) in [5.41, 5.74) is 2.61. The third-order valence-electron chi connectivity index (χ3n) is 4.30. The molecular weight excluding hydrogens is 344 g/mol. The molecule has 0 saturated heterocycles. The molecule has 0 heterocycles. The molecule has 0 atom stereocenters. The minimum atomic E-state index is 0. The summed E-state index contributed by atoms with van der Waals surface area (Å²) in [5.74, 6) is 0. The van der Waals surface area contributed by atoms with Crippen molar-refractivity contribution in [1.82, 2.24) is 0 Å². The smallest absolute Gasteiger partial charge is 0.214 e. The Kier molecular flexibility index (Phi) is 5.50. The predicted molar refractivity (Wildman–Crippen MR) is 105 cm³/mol. The Hall–Kier alpha value is -2.60. The zero-order chi connectivity index (χ0) is 16.2. The number of benzene rings is 3. The second-order valence-corrected chi connectivity index (χ2v) is 5.83. The van der Waals surface area contributed by atoms with Crippen molar-refractivity contribution in [3.63, 3.8) is 0 Å². The van der Waals surface area contributed by atoms with E-state index in [0.29, 0.717) is 0 Å². The van der Waals surface area contributed by atoms with E-state index < -0.39 is 0 Å². The molecule has 1 heteroatoms. The van der Waals surface area contributed by atoms with Gasteiger partial charge in [0, 0.05) is 0 Å². The van der Waals surface area contributed by atoms with Gasteiger partial charge in [-0.1, -0.05) is 65.5 Å². The largest absolute Gasteiger partial charge is 2.00 e. The van der Waals surface area contributed by atoms with E-state index in [0.717, 1.165) is 0 Å². The van der Waals surface area contributed by atoms with Gasteiger partial charge in [-0.25, -0.2) is 12.1 Å². The van der Waals surface area contributed by atoms with E-state index in [2.05, 4.69) is 78.9 Å². The average molecular weight is 362 g/mol. The quantitative estimate of drug-likeness (QED) is 0.175. The van der Waals surface area contributed by atoms with Crippen LogP contribution < -0.4 is 0 Å². The molecule has 0 fully saturated rings. The predicted octanol–water partition coefficient (Wildman–Crippen LogP) is 6.78. The zero-order valence-electron chi connectivity index (χ0n) is 13.7. The van der Waals surface area contributed by atoms with Gasteiger partial charge < -0.3 is 0 Å². The third kappa shape index (κ3) is 3.58. The van der Waals surface area contributed by atoms with Gasteiger partial charge in [0.05, 0.1) is 0 Å². The summed E-state index contributed by atoms with van der Waals surface area (Å²) in [4.78, 5) is 0. The second kappa shape index (κ2) is 7.98. The molecule has 25 heavy (non-hydrogen) atoms. The fourth-order valence-electron chi connectivity index (χ4n) is 3.17. The molecule has 5 rings (SSSR count). The Balaban J connectivity index is 0.000000264. The van der Waals surface area contributed by atoms with Gasteiger partial charge in [0.25, 0.3) is 0 Å². The van der Waals surface area contributed by atoms with Crippen molar-refractivity contribution in [2.24, 2.45) is 0 Å². The molecule has 122 valence electrons. The molecule has 0 aliphatic heterocycles. The van der Waals surface area contributed by atoms with Gasteiger partial charge in [0.2, 0.25) is 0 Å². The first kappa shape index (κ1) is 17.2. The van der Waals surface area contributed by atoms with Gasteiger partial charge in [-0.2, -0.15) is 36.4 Å². The van der Waals surface area contributed by atoms with E-state index in [4.69, 9.17) is 0 Å². The van der Waals surface area contributed by atoms with Crippen LogP contribution in [-0.2, 0) is 17.1 Å². The summed E-state index contributed by atoms with van der Waals surface area (Å²) in [5, 5.41) is 5.29. The molecule has 0 spiro atoms. The normalized spacial score (nSPS) is 10.1. The van der Waals surface area contributed by atoms with Crippen molar-refractivity contribution in [3.05, 3.63) is 109 Å². The van der Waals surface area contributed by atoms with Gasteiger partial charge in [-0.3, -0.25) is 0 Å². The standard InChI is InChI=1S/C19H13.C5H5.Fe/c1-2-8-14(7-1)19-13-15-9-3-4-10-16(15)17-11-5-6-12-18(17)19;1-2-4-5-3-1;/h1-13H;1-5H;/q2*-1;+2. The maximum Gasteiger partial charge on any atom is 2.00 e. The first-order chi connectivity index (χ1) is 11.9. The molecule has 0 aromatic heterocycles. The summed E-state index contributed by atoms with van der Waals surface area (Å²) in [6.07, 6.45) is 0. The summed E-state index contributed by atoms with van der Waals surface area (Å²) in [6.45, 7) is 0. The third-order valence-corrected chi connectivity index (χ3v) is 4.30. The Bertz CT molecular complexity index is 1020. The maximum absolute atomic E-state index is 2.30. The molecule has 0 unspecified atom stereocenters. The Morgan fingerprint density at radius 3 is 1.88 bits per heavy atom. The van der Waals surface area contributed by atoms with E-state index in [1.54, 1.807) is 0 Å². The van der Waals surface area contributed by atoms with Gasteiger partial charge in [-0.05, 0) is 16.2 Å². The fourth-order valence-corrected chi connectivity index (χ4v) is 3.17. The molecule has 5 aromatic carbocycles. The number of hydrogen-bond acceptors (Lipinski definition) is 0. The first-order valence-corrected chi connectivity index (χ1v) is 8.23. The Morgan fingerprint density at radius 2 is 1.24 bits per heavy atom. The van der Waals surface area contributed by atoms with Crippen LogP contribution in [0.2, 0.25) is 0 Å². The average Bonchev–Trinajstić information content (AvgIpc) is 3.37. The zero-order valence-corrected chi connectivity index (χ0v) is 14.9. The van der Waals surface area contributed by atoms with Crippen LogP contribution in [0.25, 0.3) is 32.7 Å². The van der Waals surface area contributed by atoms with E-state index in [1.807, 2.05) is 30.3 Å². The van der Waals surface area contributed by atoms with Crippen molar-refractivity contribution >= 4 is 21.5 Å². The maximum atomic E-state index is 2.30. The number of fused-ring (bicyclic) bond motifs is 3. The van der Waals surface area contributed by atoms with Crippen LogP contribution in [0.4, 0.5) is 0 Å². The van der Waals surface area contributed by atoms with Crippen LogP contribution in [0, 0.1) is 0 Å². The molecule has 0 saturated carbocycles. The van der Waals surface area contributed by atoms with Crippen LogP contribution in [-0.4, -0.2) is 0 Å². The van der Waals surface area contributed by atoms with Gasteiger partial charge >= 0.3 is 17.1 Å². The van der Waals surface area contributed by atoms with Gasteiger partial charge in [0.15, 0.2) is 0 Å². The van der Waals surface area contributed by atoms with E-state index in [-0.39, 0.29) is 17.1 Å². The second-order valence-electron chi connectivity index (χ2n) is 5.83. The number of rotatable bonds is 1. The van der Waals surface area contributed by atoms with Gasteiger partial charge in [0.1, 0.15) is 0 Å². The molecule has 0 aliphatic carbocycles. The van der Waals surface area contributed by atoms with Crippen LogP contribution in [0.1, 0.15) is 0 Å². The first-order valence-electron chi connectivity index (χ1n) is 8.23. The molecule has 0 nitrogen and oxygen atoms in total. The number of hydrogen-bond donors (Lipinski definition) is 0. The van der Waals surface area contributed by atoms with Gasteiger partial charge in [-0.15, -0.1) is 11.6 Å². The Labute approximate surface area is 158 Å². The van der Waals surface area contributed by atoms with Crippen molar-refractivity contribution in [2.45, 2.75) is 0 Å². The van der Waals surface area contributed by atoms with Crippen LogP contribution >= 0.6 is 0 Å². The summed E-state index contributed by atoms with van der Waals surface area (Å²) >= 11 is 0. The van der Waals surface area contributed by atoms with Crippen LogP contribution in [0.3, 0.4) is 0 Å². The summed E-state index contributed by atoms with van der Waals surface area (Å²) in [7, 11) is 0. The minimum absolute atomic E-state index is 0. The van der Waals surface area contributed by atoms with Crippen molar-refractivity contribution < 1.29 is 17.1 Å². The van der Waals surface area contributed by atoms with Crippen molar-refractivity contribution in [3.8, 4) is 11.1 Å². The van der Waals surface area contributed by atoms with Crippen molar-refractivity contribution in [1.29, 1.82) is 0 Å². The van der Waals surface area contributed by atoms with E-state index >= 15 is 0 Å². The molecule has 0 radical (unpaired) electrons. The SMILES string of the molecule is [Fe+2].c1c[cH-]c(-c2cc3ccccc3c3ccccc23)c1.c1cc[cH-]c1. The van der Waals surface area contributed by atoms with E-state index in [1.165, 1.54) is 32.7 Å². The topological polar surface area (TPSA) is 0 Å². The van der Waals surface area contributed by atoms with Crippen LogP contribution in [0.5, 0.6) is 0 Å². The fraction of sp³-hybridized carbons (Fsp3) is 0. The molecule has 0 aliphatic rings.